The molecule has 0 aliphatic carbocycles. The number of aryl methyl sites for hydroxylation is 1. The molecule has 0 heterocycles. The summed E-state index contributed by atoms with van der Waals surface area (Å²) in [6, 6.07) is 4.07. The Labute approximate surface area is 164 Å². The maximum absolute atomic E-state index is 11.8. The van der Waals surface area contributed by atoms with Crippen molar-refractivity contribution in [2.75, 3.05) is 13.2 Å². The average molecular weight is 379 g/mol. The number of hydrogen-bond acceptors (Lipinski definition) is 4. The van der Waals surface area contributed by atoms with E-state index in [0.29, 0.717) is 12.2 Å². The molecule has 0 amide bonds. The standard InChI is InChI=1S/C23H38O4/c1-7-8-9-12-23(5,6)19-16-17(10-11-20(25)27-14-13-24)15-18(21(19)26)22(2,3)4/h15-16,24,26H,7-14H2,1-6H3. The highest BCUT2D eigenvalue weighted by Gasteiger charge is 2.29. The zero-order valence-electron chi connectivity index (χ0n) is 18.0. The van der Waals surface area contributed by atoms with Gasteiger partial charge in [0.2, 0.25) is 0 Å². The number of aliphatic hydroxyl groups is 1. The molecular formula is C23H38O4. The molecule has 1 rings (SSSR count). The van der Waals surface area contributed by atoms with Crippen molar-refractivity contribution in [1.29, 1.82) is 0 Å². The Morgan fingerprint density at radius 3 is 2.26 bits per heavy atom. The van der Waals surface area contributed by atoms with Crippen molar-refractivity contribution in [3.63, 3.8) is 0 Å². The van der Waals surface area contributed by atoms with Gasteiger partial charge in [-0.15, -0.1) is 0 Å². The van der Waals surface area contributed by atoms with Gasteiger partial charge < -0.3 is 14.9 Å². The first-order valence-corrected chi connectivity index (χ1v) is 10.2. The molecule has 27 heavy (non-hydrogen) atoms. The van der Waals surface area contributed by atoms with Crippen molar-refractivity contribution < 1.29 is 19.7 Å². The lowest BCUT2D eigenvalue weighted by Crippen LogP contribution is -2.21. The molecule has 0 aliphatic heterocycles. The number of rotatable bonds is 10. The van der Waals surface area contributed by atoms with Gasteiger partial charge >= 0.3 is 5.97 Å². The fourth-order valence-electron chi connectivity index (χ4n) is 3.36. The van der Waals surface area contributed by atoms with Crippen LogP contribution in [0.2, 0.25) is 0 Å². The van der Waals surface area contributed by atoms with E-state index in [9.17, 15) is 9.90 Å². The summed E-state index contributed by atoms with van der Waals surface area (Å²) in [5, 5.41) is 19.8. The first kappa shape index (κ1) is 23.5. The van der Waals surface area contributed by atoms with Crippen molar-refractivity contribution >= 4 is 5.97 Å². The van der Waals surface area contributed by atoms with Crippen molar-refractivity contribution in [2.45, 2.75) is 90.9 Å². The van der Waals surface area contributed by atoms with Crippen LogP contribution >= 0.6 is 0 Å². The van der Waals surface area contributed by atoms with Gasteiger partial charge in [0.1, 0.15) is 12.4 Å². The van der Waals surface area contributed by atoms with Gasteiger partial charge in [0, 0.05) is 12.0 Å². The van der Waals surface area contributed by atoms with Crippen LogP contribution in [0.1, 0.15) is 90.3 Å². The summed E-state index contributed by atoms with van der Waals surface area (Å²) in [6.07, 6.45) is 5.33. The van der Waals surface area contributed by atoms with E-state index in [1.807, 2.05) is 6.07 Å². The van der Waals surface area contributed by atoms with E-state index >= 15 is 0 Å². The number of benzene rings is 1. The first-order valence-electron chi connectivity index (χ1n) is 10.2. The number of carbonyl (C=O) groups is 1. The predicted molar refractivity (Wildman–Crippen MR) is 110 cm³/mol. The summed E-state index contributed by atoms with van der Waals surface area (Å²) < 4.78 is 4.96. The van der Waals surface area contributed by atoms with Gasteiger partial charge in [-0.2, -0.15) is 0 Å². The van der Waals surface area contributed by atoms with Crippen LogP contribution in [-0.2, 0) is 26.8 Å². The van der Waals surface area contributed by atoms with Crippen LogP contribution in [-0.4, -0.2) is 29.4 Å². The monoisotopic (exact) mass is 378 g/mol. The highest BCUT2D eigenvalue weighted by atomic mass is 16.5. The second-order valence-electron chi connectivity index (χ2n) is 9.07. The minimum atomic E-state index is -0.307. The van der Waals surface area contributed by atoms with Gasteiger partial charge in [-0.1, -0.05) is 72.9 Å². The fourth-order valence-corrected chi connectivity index (χ4v) is 3.36. The second-order valence-corrected chi connectivity index (χ2v) is 9.07. The minimum Gasteiger partial charge on any atom is -0.507 e. The summed E-state index contributed by atoms with van der Waals surface area (Å²) in [5.41, 5.74) is 2.60. The number of hydrogen-bond donors (Lipinski definition) is 2. The number of esters is 1. The molecule has 2 N–H and O–H groups in total. The average Bonchev–Trinajstić information content (AvgIpc) is 2.57. The lowest BCUT2D eigenvalue weighted by molar-refractivity contribution is -0.144. The van der Waals surface area contributed by atoms with Crippen molar-refractivity contribution in [2.24, 2.45) is 0 Å². The number of unbranched alkanes of at least 4 members (excludes halogenated alkanes) is 2. The molecule has 1 aromatic carbocycles. The minimum absolute atomic E-state index is 0.0390. The number of phenolic OH excluding ortho intramolecular Hbond substituents is 1. The third-order valence-electron chi connectivity index (χ3n) is 5.08. The molecule has 4 nitrogen and oxygen atoms in total. The zero-order chi connectivity index (χ0) is 20.7. The van der Waals surface area contributed by atoms with Crippen molar-refractivity contribution in [1.82, 2.24) is 0 Å². The van der Waals surface area contributed by atoms with Crippen LogP contribution in [0.3, 0.4) is 0 Å². The number of aromatic hydroxyl groups is 1. The molecule has 0 fully saturated rings. The van der Waals surface area contributed by atoms with E-state index in [1.54, 1.807) is 0 Å². The van der Waals surface area contributed by atoms with E-state index in [2.05, 4.69) is 47.6 Å². The molecule has 0 radical (unpaired) electrons. The third kappa shape index (κ3) is 7.17. The third-order valence-corrected chi connectivity index (χ3v) is 5.08. The Kier molecular flexibility index (Phi) is 8.80. The fraction of sp³-hybridized carbons (Fsp3) is 0.696. The van der Waals surface area contributed by atoms with Gasteiger partial charge in [-0.05, 0) is 34.8 Å². The van der Waals surface area contributed by atoms with Crippen LogP contribution in [0.15, 0.2) is 12.1 Å². The zero-order valence-corrected chi connectivity index (χ0v) is 18.0. The van der Waals surface area contributed by atoms with E-state index in [4.69, 9.17) is 9.84 Å². The quantitative estimate of drug-likeness (QED) is 0.443. The molecular weight excluding hydrogens is 340 g/mol. The summed E-state index contributed by atoms with van der Waals surface area (Å²) >= 11 is 0. The number of aliphatic hydroxyl groups excluding tert-OH is 1. The summed E-state index contributed by atoms with van der Waals surface area (Å²) in [5.74, 6) is 0.0776. The van der Waals surface area contributed by atoms with Gasteiger partial charge in [-0.3, -0.25) is 4.79 Å². The maximum Gasteiger partial charge on any atom is 0.306 e. The second kappa shape index (κ2) is 10.1. The largest absolute Gasteiger partial charge is 0.507 e. The highest BCUT2D eigenvalue weighted by Crippen LogP contribution is 2.42. The lowest BCUT2D eigenvalue weighted by atomic mass is 9.75. The molecule has 0 aromatic heterocycles. The number of phenols is 1. The summed E-state index contributed by atoms with van der Waals surface area (Å²) in [7, 11) is 0. The number of carbonyl (C=O) groups excluding carboxylic acids is 1. The Bertz CT molecular complexity index is 612. The molecule has 154 valence electrons. The Hall–Kier alpha value is -1.55. The SMILES string of the molecule is CCCCCC(C)(C)c1cc(CCC(=O)OCCO)cc(C(C)(C)C)c1O. The topological polar surface area (TPSA) is 66.8 Å². The van der Waals surface area contributed by atoms with E-state index < -0.39 is 0 Å². The van der Waals surface area contributed by atoms with Gasteiger partial charge in [0.25, 0.3) is 0 Å². The maximum atomic E-state index is 11.8. The Balaban J connectivity index is 3.16. The molecule has 4 heteroatoms. The van der Waals surface area contributed by atoms with Crippen LogP contribution < -0.4 is 0 Å². The molecule has 0 spiro atoms. The molecule has 0 saturated carbocycles. The Morgan fingerprint density at radius 2 is 1.70 bits per heavy atom. The smallest absolute Gasteiger partial charge is 0.306 e. The predicted octanol–water partition coefficient (Wildman–Crippen LogP) is 5.02. The molecule has 0 atom stereocenters. The summed E-state index contributed by atoms with van der Waals surface area (Å²) in [6.45, 7) is 12.7. The lowest BCUT2D eigenvalue weighted by Gasteiger charge is -2.31. The van der Waals surface area contributed by atoms with E-state index in [1.165, 1.54) is 12.8 Å². The van der Waals surface area contributed by atoms with Gasteiger partial charge in [0.05, 0.1) is 6.61 Å². The van der Waals surface area contributed by atoms with Gasteiger partial charge in [0.15, 0.2) is 0 Å². The van der Waals surface area contributed by atoms with Crippen LogP contribution in [0.4, 0.5) is 0 Å². The van der Waals surface area contributed by atoms with Crippen molar-refractivity contribution in [3.8, 4) is 5.75 Å². The highest BCUT2D eigenvalue weighted by molar-refractivity contribution is 5.69. The molecule has 0 saturated heterocycles. The van der Waals surface area contributed by atoms with Crippen LogP contribution in [0.5, 0.6) is 5.75 Å². The van der Waals surface area contributed by atoms with E-state index in [0.717, 1.165) is 29.5 Å². The molecule has 1 aromatic rings. The summed E-state index contributed by atoms with van der Waals surface area (Å²) in [4.78, 5) is 11.8. The molecule has 0 aliphatic rings. The number of ether oxygens (including phenoxy) is 1. The van der Waals surface area contributed by atoms with E-state index in [-0.39, 0.29) is 36.4 Å². The Morgan fingerprint density at radius 1 is 1.07 bits per heavy atom. The van der Waals surface area contributed by atoms with Crippen LogP contribution in [0.25, 0.3) is 0 Å². The van der Waals surface area contributed by atoms with Crippen molar-refractivity contribution in [3.05, 3.63) is 28.8 Å². The normalized spacial score (nSPS) is 12.3. The van der Waals surface area contributed by atoms with Gasteiger partial charge in [-0.25, -0.2) is 0 Å². The molecule has 0 bridgehead atoms. The van der Waals surface area contributed by atoms with Crippen LogP contribution in [0, 0.1) is 0 Å². The molecule has 0 unspecified atom stereocenters. The first-order chi connectivity index (χ1) is 12.5.